The van der Waals surface area contributed by atoms with Gasteiger partial charge in [0.15, 0.2) is 5.96 Å². The molecule has 0 bridgehead atoms. The van der Waals surface area contributed by atoms with Crippen molar-refractivity contribution >= 4 is 5.96 Å². The number of guanidine groups is 1. The van der Waals surface area contributed by atoms with Gasteiger partial charge in [0.05, 0.1) is 18.4 Å². The van der Waals surface area contributed by atoms with Crippen LogP contribution in [0.25, 0.3) is 0 Å². The lowest BCUT2D eigenvalue weighted by atomic mass is 10.2. The number of aryl methyl sites for hydroxylation is 2. The molecule has 0 saturated carbocycles. The molecule has 0 radical (unpaired) electrons. The molecule has 21 heavy (non-hydrogen) atoms. The molecule has 1 saturated heterocycles. The summed E-state index contributed by atoms with van der Waals surface area (Å²) in [5, 5.41) is 10.5. The van der Waals surface area contributed by atoms with Crippen LogP contribution in [-0.2, 0) is 11.3 Å². The van der Waals surface area contributed by atoms with Crippen molar-refractivity contribution in [3.8, 4) is 0 Å². The van der Waals surface area contributed by atoms with E-state index in [-0.39, 0.29) is 6.10 Å². The summed E-state index contributed by atoms with van der Waals surface area (Å²) in [6.07, 6.45) is 0.196. The second-order valence-corrected chi connectivity index (χ2v) is 5.36. The van der Waals surface area contributed by atoms with Gasteiger partial charge in [-0.25, -0.2) is 0 Å². The number of aromatic nitrogens is 1. The third-order valence-electron chi connectivity index (χ3n) is 3.68. The van der Waals surface area contributed by atoms with Gasteiger partial charge in [0.1, 0.15) is 5.76 Å². The van der Waals surface area contributed by atoms with Gasteiger partial charge in [-0.15, -0.1) is 0 Å². The lowest BCUT2D eigenvalue weighted by Crippen LogP contribution is -2.48. The van der Waals surface area contributed by atoms with Crippen molar-refractivity contribution in [2.75, 3.05) is 40.3 Å². The second-order valence-electron chi connectivity index (χ2n) is 5.36. The highest BCUT2D eigenvalue weighted by Gasteiger charge is 2.18. The van der Waals surface area contributed by atoms with E-state index in [0.29, 0.717) is 6.54 Å². The summed E-state index contributed by atoms with van der Waals surface area (Å²) >= 11 is 0. The molecule has 0 spiro atoms. The van der Waals surface area contributed by atoms with E-state index in [1.54, 1.807) is 7.05 Å². The molecule has 7 heteroatoms. The predicted octanol–water partition coefficient (Wildman–Crippen LogP) is 0.287. The highest BCUT2D eigenvalue weighted by Crippen LogP contribution is 2.11. The van der Waals surface area contributed by atoms with E-state index in [1.165, 1.54) is 0 Å². The third-order valence-corrected chi connectivity index (χ3v) is 3.68. The highest BCUT2D eigenvalue weighted by molar-refractivity contribution is 5.79. The van der Waals surface area contributed by atoms with Crippen molar-refractivity contribution in [2.45, 2.75) is 26.5 Å². The fourth-order valence-corrected chi connectivity index (χ4v) is 2.35. The Morgan fingerprint density at radius 3 is 2.86 bits per heavy atom. The molecule has 0 aromatic carbocycles. The molecule has 1 aliphatic heterocycles. The first-order valence-corrected chi connectivity index (χ1v) is 7.26. The summed E-state index contributed by atoms with van der Waals surface area (Å²) in [6.45, 7) is 7.96. The number of morpholine rings is 1. The first kappa shape index (κ1) is 15.8. The summed E-state index contributed by atoms with van der Waals surface area (Å²) in [4.78, 5) is 6.50. The SMILES string of the molecule is CN=C(NCc1c(C)noc1C)NCC1CN(C)CCO1. The van der Waals surface area contributed by atoms with Gasteiger partial charge < -0.3 is 24.8 Å². The van der Waals surface area contributed by atoms with Gasteiger partial charge in [-0.05, 0) is 20.9 Å². The van der Waals surface area contributed by atoms with E-state index in [2.05, 4.69) is 32.7 Å². The van der Waals surface area contributed by atoms with Crippen molar-refractivity contribution < 1.29 is 9.26 Å². The maximum absolute atomic E-state index is 5.72. The molecular formula is C14H25N5O2. The van der Waals surface area contributed by atoms with Gasteiger partial charge in [-0.3, -0.25) is 4.99 Å². The third kappa shape index (κ3) is 4.44. The van der Waals surface area contributed by atoms with Gasteiger partial charge >= 0.3 is 0 Å². The second kappa shape index (κ2) is 7.42. The van der Waals surface area contributed by atoms with Crippen LogP contribution in [0, 0.1) is 13.8 Å². The molecule has 1 aromatic heterocycles. The molecule has 1 unspecified atom stereocenters. The van der Waals surface area contributed by atoms with Gasteiger partial charge in [0.2, 0.25) is 0 Å². The minimum Gasteiger partial charge on any atom is -0.374 e. The lowest BCUT2D eigenvalue weighted by molar-refractivity contribution is -0.0161. The molecule has 2 heterocycles. The van der Waals surface area contributed by atoms with E-state index >= 15 is 0 Å². The molecule has 1 atom stereocenters. The Labute approximate surface area is 125 Å². The molecule has 2 N–H and O–H groups in total. The van der Waals surface area contributed by atoms with E-state index in [1.807, 2.05) is 13.8 Å². The van der Waals surface area contributed by atoms with Gasteiger partial charge in [0, 0.05) is 38.8 Å². The van der Waals surface area contributed by atoms with Crippen molar-refractivity contribution in [2.24, 2.45) is 4.99 Å². The molecule has 7 nitrogen and oxygen atoms in total. The van der Waals surface area contributed by atoms with E-state index < -0.39 is 0 Å². The van der Waals surface area contributed by atoms with E-state index in [9.17, 15) is 0 Å². The lowest BCUT2D eigenvalue weighted by Gasteiger charge is -2.30. The summed E-state index contributed by atoms with van der Waals surface area (Å²) in [5.74, 6) is 1.60. The first-order chi connectivity index (χ1) is 10.1. The topological polar surface area (TPSA) is 74.9 Å². The fraction of sp³-hybridized carbons (Fsp3) is 0.714. The van der Waals surface area contributed by atoms with Gasteiger partial charge in [-0.1, -0.05) is 5.16 Å². The monoisotopic (exact) mass is 295 g/mol. The van der Waals surface area contributed by atoms with Gasteiger partial charge in [-0.2, -0.15) is 0 Å². The van der Waals surface area contributed by atoms with Crippen molar-refractivity contribution in [1.29, 1.82) is 0 Å². The van der Waals surface area contributed by atoms with Crippen LogP contribution < -0.4 is 10.6 Å². The molecule has 1 aliphatic rings. The van der Waals surface area contributed by atoms with Gasteiger partial charge in [0.25, 0.3) is 0 Å². The molecule has 1 fully saturated rings. The van der Waals surface area contributed by atoms with Crippen LogP contribution in [0.15, 0.2) is 9.52 Å². The molecule has 1 aromatic rings. The van der Waals surface area contributed by atoms with Crippen molar-refractivity contribution in [3.05, 3.63) is 17.0 Å². The zero-order valence-electron chi connectivity index (χ0n) is 13.3. The van der Waals surface area contributed by atoms with Crippen LogP contribution in [0.5, 0.6) is 0 Å². The Hall–Kier alpha value is -1.60. The van der Waals surface area contributed by atoms with Crippen molar-refractivity contribution in [1.82, 2.24) is 20.7 Å². The van der Waals surface area contributed by atoms with Crippen LogP contribution in [0.2, 0.25) is 0 Å². The highest BCUT2D eigenvalue weighted by atomic mass is 16.5. The Morgan fingerprint density at radius 2 is 2.24 bits per heavy atom. The summed E-state index contributed by atoms with van der Waals surface area (Å²) < 4.78 is 10.9. The number of hydrogen-bond donors (Lipinski definition) is 2. The summed E-state index contributed by atoms with van der Waals surface area (Å²) in [5.41, 5.74) is 1.99. The Balaban J connectivity index is 1.78. The van der Waals surface area contributed by atoms with E-state index in [4.69, 9.17) is 9.26 Å². The zero-order valence-corrected chi connectivity index (χ0v) is 13.3. The maximum atomic E-state index is 5.72. The van der Waals surface area contributed by atoms with Crippen LogP contribution >= 0.6 is 0 Å². The molecule has 0 aliphatic carbocycles. The molecule has 118 valence electrons. The van der Waals surface area contributed by atoms with Crippen LogP contribution in [0.1, 0.15) is 17.0 Å². The fourth-order valence-electron chi connectivity index (χ4n) is 2.35. The minimum absolute atomic E-state index is 0.196. The Kier molecular flexibility index (Phi) is 5.58. The average molecular weight is 295 g/mol. The normalized spacial score (nSPS) is 20.6. The van der Waals surface area contributed by atoms with Crippen LogP contribution in [0.4, 0.5) is 0 Å². The molecule has 2 rings (SSSR count). The minimum atomic E-state index is 0.196. The Morgan fingerprint density at radius 1 is 1.43 bits per heavy atom. The number of nitrogens with zero attached hydrogens (tertiary/aromatic N) is 3. The predicted molar refractivity (Wildman–Crippen MR) is 81.4 cm³/mol. The van der Waals surface area contributed by atoms with E-state index in [0.717, 1.165) is 49.2 Å². The Bertz CT molecular complexity index is 466. The summed E-state index contributed by atoms with van der Waals surface area (Å²) in [6, 6.07) is 0. The number of hydrogen-bond acceptors (Lipinski definition) is 5. The van der Waals surface area contributed by atoms with Crippen LogP contribution in [-0.4, -0.2) is 62.5 Å². The number of rotatable bonds is 4. The summed E-state index contributed by atoms with van der Waals surface area (Å²) in [7, 11) is 3.87. The quantitative estimate of drug-likeness (QED) is 0.614. The number of nitrogens with one attached hydrogen (secondary N) is 2. The van der Waals surface area contributed by atoms with Crippen LogP contribution in [0.3, 0.4) is 0 Å². The average Bonchev–Trinajstić information content (AvgIpc) is 2.79. The molecule has 0 amide bonds. The number of ether oxygens (including phenoxy) is 1. The largest absolute Gasteiger partial charge is 0.374 e. The standard InChI is InChI=1S/C14H25N5O2/c1-10-13(11(2)21-18-10)8-17-14(15-3)16-7-12-9-19(4)5-6-20-12/h12H,5-9H2,1-4H3,(H2,15,16,17). The maximum Gasteiger partial charge on any atom is 0.191 e. The first-order valence-electron chi connectivity index (χ1n) is 7.26. The molecular weight excluding hydrogens is 270 g/mol. The smallest absolute Gasteiger partial charge is 0.191 e. The number of aliphatic imine (C=N–C) groups is 1. The van der Waals surface area contributed by atoms with Crippen molar-refractivity contribution in [3.63, 3.8) is 0 Å². The number of likely N-dealkylation sites (N-methyl/N-ethyl adjacent to an activating group) is 1. The zero-order chi connectivity index (χ0) is 15.2.